The molecule has 154 valence electrons. The van der Waals surface area contributed by atoms with Crippen LogP contribution in [0.4, 0.5) is 5.95 Å². The van der Waals surface area contributed by atoms with Gasteiger partial charge in [0.25, 0.3) is 5.91 Å². The predicted octanol–water partition coefficient (Wildman–Crippen LogP) is 3.96. The molecule has 0 aliphatic carbocycles. The molecule has 7 nitrogen and oxygen atoms in total. The molecule has 1 aliphatic rings. The molecular weight excluding hydrogens is 394 g/mol. The van der Waals surface area contributed by atoms with Crippen LogP contribution in [0.15, 0.2) is 64.1 Å². The first-order valence-electron chi connectivity index (χ1n) is 9.82. The quantitative estimate of drug-likeness (QED) is 0.505. The van der Waals surface area contributed by atoms with Gasteiger partial charge in [0.15, 0.2) is 5.43 Å². The van der Waals surface area contributed by atoms with Crippen molar-refractivity contribution in [3.05, 3.63) is 93.1 Å². The lowest BCUT2D eigenvalue weighted by molar-refractivity contribution is 0.0969. The minimum atomic E-state index is -0.734. The zero-order chi connectivity index (χ0) is 21.7. The molecule has 7 heteroatoms. The first-order valence-corrected chi connectivity index (χ1v) is 9.82. The molecule has 0 bridgehead atoms. The molecule has 2 aromatic carbocycles. The Morgan fingerprint density at radius 3 is 2.48 bits per heavy atom. The van der Waals surface area contributed by atoms with Gasteiger partial charge in [-0.2, -0.15) is 0 Å². The van der Waals surface area contributed by atoms with Crippen LogP contribution >= 0.6 is 0 Å². The Morgan fingerprint density at radius 2 is 1.74 bits per heavy atom. The average molecular weight is 413 g/mol. The number of carbonyl (C=O) groups is 1. The van der Waals surface area contributed by atoms with E-state index in [-0.39, 0.29) is 22.7 Å². The van der Waals surface area contributed by atoms with Crippen LogP contribution in [0.2, 0.25) is 0 Å². The zero-order valence-corrected chi connectivity index (χ0v) is 17.2. The lowest BCUT2D eigenvalue weighted by Crippen LogP contribution is -2.31. The van der Waals surface area contributed by atoms with Crippen LogP contribution in [-0.4, -0.2) is 23.0 Å². The van der Waals surface area contributed by atoms with Crippen LogP contribution in [0.5, 0.6) is 5.75 Å². The van der Waals surface area contributed by atoms with E-state index in [0.29, 0.717) is 22.3 Å². The van der Waals surface area contributed by atoms with Gasteiger partial charge in [-0.1, -0.05) is 12.1 Å². The number of rotatable bonds is 3. The molecule has 1 unspecified atom stereocenters. The Morgan fingerprint density at radius 1 is 1.00 bits per heavy atom. The standard InChI is InChI=1S/C24H19N3O4/c1-13-10-17-18(11-14(13)2)31-22-19(21(17)28)20(15-6-4-7-16(12-15)30-3)27(23(22)29)24-25-8-5-9-26-24/h4-12,20H,1-3H3. The topological polar surface area (TPSA) is 85.5 Å². The summed E-state index contributed by atoms with van der Waals surface area (Å²) in [5.41, 5.74) is 3.09. The van der Waals surface area contributed by atoms with Crippen molar-refractivity contribution in [2.45, 2.75) is 19.9 Å². The van der Waals surface area contributed by atoms with Crippen LogP contribution in [-0.2, 0) is 0 Å². The number of aryl methyl sites for hydroxylation is 2. The average Bonchev–Trinajstić information content (AvgIpc) is 3.08. The summed E-state index contributed by atoms with van der Waals surface area (Å²) in [7, 11) is 1.57. The second-order valence-corrected chi connectivity index (χ2v) is 7.51. The summed E-state index contributed by atoms with van der Waals surface area (Å²) in [4.78, 5) is 37.0. The largest absolute Gasteiger partial charge is 0.497 e. The molecule has 2 aromatic heterocycles. The van der Waals surface area contributed by atoms with Crippen LogP contribution < -0.4 is 15.1 Å². The van der Waals surface area contributed by atoms with Crippen molar-refractivity contribution >= 4 is 22.8 Å². The van der Waals surface area contributed by atoms with E-state index in [4.69, 9.17) is 9.15 Å². The van der Waals surface area contributed by atoms with Crippen molar-refractivity contribution in [1.29, 1.82) is 0 Å². The number of nitrogens with zero attached hydrogens (tertiary/aromatic N) is 3. The van der Waals surface area contributed by atoms with Gasteiger partial charge in [0.05, 0.1) is 24.1 Å². The maximum atomic E-state index is 13.6. The maximum absolute atomic E-state index is 13.6. The van der Waals surface area contributed by atoms with E-state index in [1.807, 2.05) is 32.0 Å². The Labute approximate surface area is 177 Å². The predicted molar refractivity (Wildman–Crippen MR) is 116 cm³/mol. The number of aromatic nitrogens is 2. The van der Waals surface area contributed by atoms with Gasteiger partial charge in [-0.25, -0.2) is 9.97 Å². The van der Waals surface area contributed by atoms with E-state index < -0.39 is 11.9 Å². The van der Waals surface area contributed by atoms with Crippen molar-refractivity contribution in [3.8, 4) is 5.75 Å². The van der Waals surface area contributed by atoms with Crippen LogP contribution in [0.3, 0.4) is 0 Å². The molecule has 31 heavy (non-hydrogen) atoms. The first-order chi connectivity index (χ1) is 15.0. The van der Waals surface area contributed by atoms with Crippen molar-refractivity contribution in [2.75, 3.05) is 12.0 Å². The van der Waals surface area contributed by atoms with Crippen LogP contribution in [0.1, 0.15) is 38.9 Å². The molecule has 1 atom stereocenters. The molecule has 4 aromatic rings. The molecule has 0 fully saturated rings. The molecule has 0 spiro atoms. The SMILES string of the molecule is COc1cccc(C2c3c(oc4cc(C)c(C)cc4c3=O)C(=O)N2c2ncccn2)c1. The third-order valence-corrected chi connectivity index (χ3v) is 5.66. The van der Waals surface area contributed by atoms with Gasteiger partial charge in [0.2, 0.25) is 11.7 Å². The summed E-state index contributed by atoms with van der Waals surface area (Å²) in [6, 6.07) is 11.8. The van der Waals surface area contributed by atoms with Gasteiger partial charge in [-0.3, -0.25) is 14.5 Å². The van der Waals surface area contributed by atoms with Gasteiger partial charge >= 0.3 is 0 Å². The fourth-order valence-electron chi connectivity index (χ4n) is 3.98. The monoisotopic (exact) mass is 413 g/mol. The number of hydrogen-bond donors (Lipinski definition) is 0. The third kappa shape index (κ3) is 2.89. The number of carbonyl (C=O) groups excluding carboxylic acids is 1. The highest BCUT2D eigenvalue weighted by molar-refractivity contribution is 6.09. The number of ether oxygens (including phenoxy) is 1. The molecule has 1 amide bonds. The normalized spacial score (nSPS) is 15.4. The van der Waals surface area contributed by atoms with Crippen LogP contribution in [0.25, 0.3) is 11.0 Å². The van der Waals surface area contributed by atoms with Gasteiger partial charge in [-0.05, 0) is 60.9 Å². The lowest BCUT2D eigenvalue weighted by Gasteiger charge is -2.23. The highest BCUT2D eigenvalue weighted by Crippen LogP contribution is 2.40. The smallest absolute Gasteiger partial charge is 0.297 e. The summed E-state index contributed by atoms with van der Waals surface area (Å²) in [5.74, 6) is 0.374. The Hall–Kier alpha value is -4.00. The van der Waals surface area contributed by atoms with Gasteiger partial charge in [0, 0.05) is 12.4 Å². The molecule has 0 radical (unpaired) electrons. The number of amides is 1. The van der Waals surface area contributed by atoms with E-state index in [1.54, 1.807) is 43.8 Å². The van der Waals surface area contributed by atoms with E-state index in [0.717, 1.165) is 11.1 Å². The van der Waals surface area contributed by atoms with E-state index in [1.165, 1.54) is 4.90 Å². The van der Waals surface area contributed by atoms with Gasteiger partial charge < -0.3 is 9.15 Å². The molecule has 0 saturated carbocycles. The number of anilines is 1. The summed E-state index contributed by atoms with van der Waals surface area (Å²) in [6.45, 7) is 3.88. The van der Waals surface area contributed by atoms with Crippen molar-refractivity contribution in [1.82, 2.24) is 9.97 Å². The number of fused-ring (bicyclic) bond motifs is 2. The summed E-state index contributed by atoms with van der Waals surface area (Å²) in [6.07, 6.45) is 3.11. The Balaban J connectivity index is 1.83. The molecule has 0 saturated heterocycles. The second kappa shape index (κ2) is 7.05. The highest BCUT2D eigenvalue weighted by atomic mass is 16.5. The summed E-state index contributed by atoms with van der Waals surface area (Å²) < 4.78 is 11.4. The number of benzene rings is 2. The lowest BCUT2D eigenvalue weighted by atomic mass is 9.97. The van der Waals surface area contributed by atoms with Crippen LogP contribution in [0, 0.1) is 13.8 Å². The molecule has 1 aliphatic heterocycles. The summed E-state index contributed by atoms with van der Waals surface area (Å²) >= 11 is 0. The van der Waals surface area contributed by atoms with E-state index in [2.05, 4.69) is 9.97 Å². The Bertz CT molecular complexity index is 1400. The van der Waals surface area contributed by atoms with Gasteiger partial charge in [0.1, 0.15) is 11.3 Å². The molecule has 0 N–H and O–H groups in total. The zero-order valence-electron chi connectivity index (χ0n) is 17.2. The third-order valence-electron chi connectivity index (χ3n) is 5.66. The first kappa shape index (κ1) is 19.0. The van der Waals surface area contributed by atoms with E-state index >= 15 is 0 Å². The van der Waals surface area contributed by atoms with Crippen molar-refractivity contribution < 1.29 is 13.9 Å². The molecule has 5 rings (SSSR count). The number of hydrogen-bond acceptors (Lipinski definition) is 6. The van der Waals surface area contributed by atoms with Crippen molar-refractivity contribution in [2.24, 2.45) is 0 Å². The highest BCUT2D eigenvalue weighted by Gasteiger charge is 2.45. The number of methoxy groups -OCH3 is 1. The van der Waals surface area contributed by atoms with Gasteiger partial charge in [-0.15, -0.1) is 0 Å². The Kier molecular flexibility index (Phi) is 4.32. The maximum Gasteiger partial charge on any atom is 0.297 e. The molecular formula is C24H19N3O4. The fourth-order valence-corrected chi connectivity index (χ4v) is 3.98. The minimum Gasteiger partial charge on any atom is -0.497 e. The summed E-state index contributed by atoms with van der Waals surface area (Å²) in [5, 5.41) is 0.443. The molecule has 3 heterocycles. The van der Waals surface area contributed by atoms with Crippen molar-refractivity contribution in [3.63, 3.8) is 0 Å². The van der Waals surface area contributed by atoms with E-state index in [9.17, 15) is 9.59 Å². The minimum absolute atomic E-state index is 0.0148. The second-order valence-electron chi connectivity index (χ2n) is 7.51. The fraction of sp³-hybridized carbons (Fsp3) is 0.167.